The van der Waals surface area contributed by atoms with E-state index < -0.39 is 0 Å². The van der Waals surface area contributed by atoms with Crippen LogP contribution in [-0.4, -0.2) is 24.1 Å². The number of aromatic nitrogens is 5. The summed E-state index contributed by atoms with van der Waals surface area (Å²) in [6.07, 6.45) is 0. The third-order valence-corrected chi connectivity index (χ3v) is 19.0. The smallest absolute Gasteiger partial charge is 0.164 e. The predicted octanol–water partition coefficient (Wildman–Crippen LogP) is 23.1. The molecule has 0 atom stereocenters. The topological polar surface area (TPSA) is 48.5 Å². The maximum Gasteiger partial charge on any atom is 0.164 e. The molecule has 0 N–H and O–H groups in total. The summed E-state index contributed by atoms with van der Waals surface area (Å²) in [5, 5.41) is 4.77. The highest BCUT2D eigenvalue weighted by molar-refractivity contribution is 6.14. The normalized spacial score (nSPS) is 11.7. The van der Waals surface area contributed by atoms with Crippen LogP contribution in [0.25, 0.3) is 145 Å². The van der Waals surface area contributed by atoms with E-state index in [1.54, 1.807) is 0 Å². The Bertz CT molecular complexity index is 5140. The lowest BCUT2D eigenvalue weighted by molar-refractivity contribution is 1.07. The van der Waals surface area contributed by atoms with Crippen LogP contribution in [0.15, 0.2) is 224 Å². The van der Waals surface area contributed by atoms with Crippen LogP contribution in [0.4, 0.5) is 0 Å². The Balaban J connectivity index is 1.04. The van der Waals surface area contributed by atoms with E-state index in [0.29, 0.717) is 17.5 Å². The molecule has 446 valence electrons. The molecular weight excluding hydrogens is 1110 g/mol. The Morgan fingerprint density at radius 3 is 0.815 bits per heavy atom. The van der Waals surface area contributed by atoms with Gasteiger partial charge in [-0.25, -0.2) is 15.0 Å². The fourth-order valence-electron chi connectivity index (χ4n) is 15.6. The molecular formula is C87H73N5. The second kappa shape index (κ2) is 22.6. The number of nitrogens with zero attached hydrogens (tertiary/aromatic N) is 5. The minimum Gasteiger partial charge on any atom is -0.309 e. The summed E-state index contributed by atoms with van der Waals surface area (Å²) >= 11 is 0. The average molecular weight is 1190 g/mol. The van der Waals surface area contributed by atoms with Crippen LogP contribution in [-0.2, 0) is 0 Å². The van der Waals surface area contributed by atoms with Gasteiger partial charge in [0.25, 0.3) is 0 Å². The van der Waals surface area contributed by atoms with E-state index in [0.717, 1.165) is 61.3 Å². The van der Waals surface area contributed by atoms with Crippen molar-refractivity contribution in [3.63, 3.8) is 0 Å². The van der Waals surface area contributed by atoms with E-state index in [1.807, 2.05) is 36.4 Å². The number of aryl methyl sites for hydroxylation is 12. The van der Waals surface area contributed by atoms with Crippen LogP contribution < -0.4 is 0 Å². The van der Waals surface area contributed by atoms with Crippen molar-refractivity contribution in [2.24, 2.45) is 0 Å². The molecule has 0 unspecified atom stereocenters. The van der Waals surface area contributed by atoms with Crippen molar-refractivity contribution in [3.05, 3.63) is 291 Å². The Morgan fingerprint density at radius 1 is 0.217 bits per heavy atom. The summed E-state index contributed by atoms with van der Waals surface area (Å²) in [4.78, 5) is 15.9. The number of benzene rings is 12. The fraction of sp³-hybridized carbons (Fsp3) is 0.138. The van der Waals surface area contributed by atoms with Gasteiger partial charge in [-0.3, -0.25) is 0 Å². The quantitative estimate of drug-likeness (QED) is 0.137. The predicted molar refractivity (Wildman–Crippen MR) is 389 cm³/mol. The molecule has 0 bridgehead atoms. The second-order valence-electron chi connectivity index (χ2n) is 26.0. The first-order chi connectivity index (χ1) is 44.5. The SMILES string of the molecule is Cc1cc(C)c(-c2ccc3c(c2)c2cc(-c4c(C)cc(C)cc4C)ccc2n3-c2ccccc2-c2cc(-c3nc(-c4ccccc4)nc(-c4ccccc4)n3)ccc2-n2c3ccc(-c4c(C)cc(C)cc4C)cc3c3cc(-c4c(C)cc(C)cc4C)ccc32)c(C)c1. The van der Waals surface area contributed by atoms with Crippen LogP contribution >= 0.6 is 0 Å². The molecule has 0 aliphatic rings. The number of hydrogen-bond acceptors (Lipinski definition) is 3. The zero-order valence-corrected chi connectivity index (χ0v) is 54.6. The lowest BCUT2D eigenvalue weighted by Crippen LogP contribution is -2.03. The first-order valence-electron chi connectivity index (χ1n) is 32.1. The van der Waals surface area contributed by atoms with Crippen LogP contribution in [0.5, 0.6) is 0 Å². The van der Waals surface area contributed by atoms with E-state index in [9.17, 15) is 0 Å². The van der Waals surface area contributed by atoms with Crippen molar-refractivity contribution < 1.29 is 0 Å². The van der Waals surface area contributed by atoms with Gasteiger partial charge in [0, 0.05) is 49.4 Å². The van der Waals surface area contributed by atoms with Crippen molar-refractivity contribution >= 4 is 43.6 Å². The Kier molecular flexibility index (Phi) is 14.2. The molecule has 0 amide bonds. The molecule has 3 heterocycles. The van der Waals surface area contributed by atoms with Crippen molar-refractivity contribution in [3.8, 4) is 101 Å². The van der Waals surface area contributed by atoms with Gasteiger partial charge < -0.3 is 9.13 Å². The van der Waals surface area contributed by atoms with Crippen LogP contribution in [0.3, 0.4) is 0 Å². The Hall–Kier alpha value is -10.8. The van der Waals surface area contributed by atoms with E-state index in [1.165, 1.54) is 133 Å². The molecule has 12 aromatic carbocycles. The van der Waals surface area contributed by atoms with Crippen molar-refractivity contribution in [2.45, 2.75) is 83.1 Å². The van der Waals surface area contributed by atoms with E-state index in [2.05, 4.69) is 280 Å². The van der Waals surface area contributed by atoms with Crippen LogP contribution in [0.1, 0.15) is 66.8 Å². The standard InChI is InChI=1S/C87H73N5/c1-50-37-54(5)81(55(6)38-50)64-27-32-77-71(45-64)72-46-65(82-56(7)39-51(2)40-57(82)8)28-33-78(72)91(77)75-26-20-19-25-69(75)70-49-68(87-89-85(62-21-15-13-16-22-62)88-86(90-87)63-23-17-14-18-24-63)31-36-76(70)92-79-34-29-66(83-58(9)41-52(3)42-59(83)10)47-73(79)74-48-67(30-35-80(74)92)84-60(11)43-53(4)44-61(84)12/h13-49H,1-12H3. The number of para-hydroxylation sites is 1. The lowest BCUT2D eigenvalue weighted by Gasteiger charge is -2.20. The van der Waals surface area contributed by atoms with Crippen molar-refractivity contribution in [1.82, 2.24) is 24.1 Å². The summed E-state index contributed by atoms with van der Waals surface area (Å²) < 4.78 is 5.03. The zero-order chi connectivity index (χ0) is 63.4. The number of fused-ring (bicyclic) bond motifs is 6. The molecule has 15 rings (SSSR count). The van der Waals surface area contributed by atoms with Gasteiger partial charge in [0.15, 0.2) is 17.5 Å². The van der Waals surface area contributed by atoms with Gasteiger partial charge in [0.1, 0.15) is 0 Å². The van der Waals surface area contributed by atoms with E-state index >= 15 is 0 Å². The maximum absolute atomic E-state index is 5.36. The average Bonchev–Trinajstić information content (AvgIpc) is 1.56. The molecule has 0 saturated carbocycles. The summed E-state index contributed by atoms with van der Waals surface area (Å²) in [5.74, 6) is 1.82. The Labute approximate surface area is 540 Å². The van der Waals surface area contributed by atoms with Crippen molar-refractivity contribution in [1.29, 1.82) is 0 Å². The molecule has 0 saturated heterocycles. The molecule has 5 nitrogen and oxygen atoms in total. The van der Waals surface area contributed by atoms with Gasteiger partial charge in [0.05, 0.1) is 33.4 Å². The van der Waals surface area contributed by atoms with Gasteiger partial charge in [0.2, 0.25) is 0 Å². The zero-order valence-electron chi connectivity index (χ0n) is 54.6. The second-order valence-corrected chi connectivity index (χ2v) is 26.0. The first kappa shape index (κ1) is 57.7. The summed E-state index contributed by atoms with van der Waals surface area (Å²) in [6.45, 7) is 26.8. The minimum atomic E-state index is 0.590. The molecule has 5 heteroatoms. The molecule has 0 aliphatic carbocycles. The van der Waals surface area contributed by atoms with Gasteiger partial charge in [-0.05, 0) is 245 Å². The number of rotatable bonds is 10. The van der Waals surface area contributed by atoms with Crippen LogP contribution in [0.2, 0.25) is 0 Å². The van der Waals surface area contributed by atoms with E-state index in [4.69, 9.17) is 15.0 Å². The van der Waals surface area contributed by atoms with Crippen molar-refractivity contribution in [2.75, 3.05) is 0 Å². The molecule has 0 radical (unpaired) electrons. The third-order valence-electron chi connectivity index (χ3n) is 19.0. The molecule has 92 heavy (non-hydrogen) atoms. The lowest BCUT2D eigenvalue weighted by atomic mass is 9.91. The maximum atomic E-state index is 5.36. The highest BCUT2D eigenvalue weighted by Crippen LogP contribution is 2.46. The van der Waals surface area contributed by atoms with E-state index in [-0.39, 0.29) is 0 Å². The highest BCUT2D eigenvalue weighted by Gasteiger charge is 2.25. The van der Waals surface area contributed by atoms with Gasteiger partial charge >= 0.3 is 0 Å². The summed E-state index contributed by atoms with van der Waals surface area (Å²) in [7, 11) is 0. The van der Waals surface area contributed by atoms with Gasteiger partial charge in [-0.2, -0.15) is 0 Å². The van der Waals surface area contributed by atoms with Crippen LogP contribution in [0, 0.1) is 83.1 Å². The molecule has 15 aromatic rings. The third kappa shape index (κ3) is 9.91. The summed E-state index contributed by atoms with van der Waals surface area (Å²) in [5.41, 5.74) is 36.6. The summed E-state index contributed by atoms with van der Waals surface area (Å²) in [6, 6.07) is 83.4. The molecule has 0 fully saturated rings. The monoisotopic (exact) mass is 1190 g/mol. The van der Waals surface area contributed by atoms with Gasteiger partial charge in [-0.15, -0.1) is 0 Å². The molecule has 3 aromatic heterocycles. The molecule has 0 aliphatic heterocycles. The minimum absolute atomic E-state index is 0.590. The fourth-order valence-corrected chi connectivity index (χ4v) is 15.6. The highest BCUT2D eigenvalue weighted by atomic mass is 15.0. The van der Waals surface area contributed by atoms with Gasteiger partial charge in [-0.1, -0.05) is 174 Å². The number of hydrogen-bond donors (Lipinski definition) is 0. The first-order valence-corrected chi connectivity index (χ1v) is 32.1. The Morgan fingerprint density at radius 2 is 0.489 bits per heavy atom. The largest absolute Gasteiger partial charge is 0.309 e. The molecule has 0 spiro atoms.